The lowest BCUT2D eigenvalue weighted by atomic mass is 9.95. The largest absolute Gasteiger partial charge is 0.452 e. The fourth-order valence-electron chi connectivity index (χ4n) is 2.63. The normalized spacial score (nSPS) is 16.0. The second-order valence-corrected chi connectivity index (χ2v) is 5.52. The van der Waals surface area contributed by atoms with Crippen molar-refractivity contribution in [3.05, 3.63) is 35.4 Å². The maximum atomic E-state index is 12.8. The highest BCUT2D eigenvalue weighted by Crippen LogP contribution is 2.32. The summed E-state index contributed by atoms with van der Waals surface area (Å²) in [5.41, 5.74) is -1.66. The first-order valence-electron chi connectivity index (χ1n) is 7.50. The maximum absolute atomic E-state index is 12.8. The Morgan fingerprint density at radius 1 is 1.13 bits per heavy atom. The minimum atomic E-state index is -4.65. The van der Waals surface area contributed by atoms with Crippen molar-refractivity contribution in [2.24, 2.45) is 0 Å². The second-order valence-electron chi connectivity index (χ2n) is 5.52. The van der Waals surface area contributed by atoms with Gasteiger partial charge in [0, 0.05) is 6.04 Å². The molecule has 1 N–H and O–H groups in total. The van der Waals surface area contributed by atoms with Gasteiger partial charge >= 0.3 is 12.1 Å². The summed E-state index contributed by atoms with van der Waals surface area (Å²) in [4.78, 5) is 23.5. The number of amides is 1. The summed E-state index contributed by atoms with van der Waals surface area (Å²) in [5, 5.41) is 2.73. The van der Waals surface area contributed by atoms with Crippen LogP contribution in [0.5, 0.6) is 0 Å². The van der Waals surface area contributed by atoms with E-state index in [2.05, 4.69) is 5.32 Å². The van der Waals surface area contributed by atoms with Gasteiger partial charge in [0.1, 0.15) is 0 Å². The number of nitrogens with one attached hydrogen (secondary N) is 1. The number of ether oxygens (including phenoxy) is 1. The Kier molecular flexibility index (Phi) is 5.63. The molecule has 23 heavy (non-hydrogen) atoms. The maximum Gasteiger partial charge on any atom is 0.417 e. The number of esters is 1. The molecule has 0 atom stereocenters. The van der Waals surface area contributed by atoms with Crippen molar-refractivity contribution in [2.45, 2.75) is 44.3 Å². The SMILES string of the molecule is O=C(COC(=O)c1ccccc1C(F)(F)F)NC1CCCCC1. The average molecular weight is 329 g/mol. The van der Waals surface area contributed by atoms with E-state index in [9.17, 15) is 22.8 Å². The first-order chi connectivity index (χ1) is 10.9. The highest BCUT2D eigenvalue weighted by atomic mass is 19.4. The van der Waals surface area contributed by atoms with E-state index in [0.717, 1.165) is 44.2 Å². The van der Waals surface area contributed by atoms with E-state index >= 15 is 0 Å². The molecule has 2 rings (SSSR count). The monoisotopic (exact) mass is 329 g/mol. The molecule has 0 radical (unpaired) electrons. The average Bonchev–Trinajstić information content (AvgIpc) is 2.53. The summed E-state index contributed by atoms with van der Waals surface area (Å²) in [5.74, 6) is -1.65. The molecular formula is C16H18F3NO3. The Labute approximate surface area is 132 Å². The Morgan fingerprint density at radius 2 is 1.78 bits per heavy atom. The molecule has 0 bridgehead atoms. The quantitative estimate of drug-likeness (QED) is 0.862. The van der Waals surface area contributed by atoms with Crippen molar-refractivity contribution in [3.63, 3.8) is 0 Å². The van der Waals surface area contributed by atoms with Crippen LogP contribution in [0.2, 0.25) is 0 Å². The second kappa shape index (κ2) is 7.48. The van der Waals surface area contributed by atoms with Gasteiger partial charge in [0.05, 0.1) is 11.1 Å². The van der Waals surface area contributed by atoms with Gasteiger partial charge < -0.3 is 10.1 Å². The molecular weight excluding hydrogens is 311 g/mol. The number of carbonyl (C=O) groups excluding carboxylic acids is 2. The summed E-state index contributed by atoms with van der Waals surface area (Å²) >= 11 is 0. The van der Waals surface area contributed by atoms with E-state index in [1.54, 1.807) is 0 Å². The standard InChI is InChI=1S/C16H18F3NO3/c17-16(18,19)13-9-5-4-8-12(13)15(22)23-10-14(21)20-11-6-2-1-3-7-11/h4-5,8-9,11H,1-3,6-7,10H2,(H,20,21). The van der Waals surface area contributed by atoms with Gasteiger partial charge in [-0.3, -0.25) is 4.79 Å². The molecule has 126 valence electrons. The van der Waals surface area contributed by atoms with Crippen LogP contribution in [-0.2, 0) is 15.7 Å². The van der Waals surface area contributed by atoms with Crippen LogP contribution < -0.4 is 5.32 Å². The summed E-state index contributed by atoms with van der Waals surface area (Å²) in [6.45, 7) is -0.582. The van der Waals surface area contributed by atoms with Gasteiger partial charge in [-0.2, -0.15) is 13.2 Å². The highest BCUT2D eigenvalue weighted by Gasteiger charge is 2.35. The van der Waals surface area contributed by atoms with Crippen LogP contribution in [0.4, 0.5) is 13.2 Å². The lowest BCUT2D eigenvalue weighted by molar-refractivity contribution is -0.138. The van der Waals surface area contributed by atoms with E-state index in [4.69, 9.17) is 4.74 Å². The smallest absolute Gasteiger partial charge is 0.417 e. The van der Waals surface area contributed by atoms with E-state index in [0.29, 0.717) is 0 Å². The number of hydrogen-bond acceptors (Lipinski definition) is 3. The molecule has 1 aliphatic rings. The fraction of sp³-hybridized carbons (Fsp3) is 0.500. The van der Waals surface area contributed by atoms with Gasteiger partial charge in [-0.05, 0) is 25.0 Å². The molecule has 0 spiro atoms. The minimum Gasteiger partial charge on any atom is -0.452 e. The van der Waals surface area contributed by atoms with Gasteiger partial charge in [-0.1, -0.05) is 31.4 Å². The molecule has 4 nitrogen and oxygen atoms in total. The zero-order valence-corrected chi connectivity index (χ0v) is 12.5. The van der Waals surface area contributed by atoms with Gasteiger partial charge in [-0.25, -0.2) is 4.79 Å². The third kappa shape index (κ3) is 4.97. The van der Waals surface area contributed by atoms with Crippen LogP contribution in [-0.4, -0.2) is 24.5 Å². The Bertz CT molecular complexity index is 566. The van der Waals surface area contributed by atoms with Crippen LogP contribution in [0.1, 0.15) is 48.0 Å². The van der Waals surface area contributed by atoms with E-state index in [-0.39, 0.29) is 6.04 Å². The molecule has 1 fully saturated rings. The number of carbonyl (C=O) groups is 2. The summed E-state index contributed by atoms with van der Waals surface area (Å²) in [7, 11) is 0. The van der Waals surface area contributed by atoms with Crippen molar-refractivity contribution >= 4 is 11.9 Å². The first-order valence-corrected chi connectivity index (χ1v) is 7.50. The van der Waals surface area contributed by atoms with Gasteiger partial charge in [0.2, 0.25) is 0 Å². The van der Waals surface area contributed by atoms with E-state index in [1.807, 2.05) is 0 Å². The molecule has 1 amide bonds. The number of alkyl halides is 3. The molecule has 0 saturated heterocycles. The molecule has 1 aliphatic carbocycles. The summed E-state index contributed by atoms with van der Waals surface area (Å²) in [6, 6.07) is 4.39. The topological polar surface area (TPSA) is 55.4 Å². The number of benzene rings is 1. The van der Waals surface area contributed by atoms with Gasteiger partial charge in [-0.15, -0.1) is 0 Å². The minimum absolute atomic E-state index is 0.0532. The highest BCUT2D eigenvalue weighted by molar-refractivity contribution is 5.93. The van der Waals surface area contributed by atoms with Crippen LogP contribution >= 0.6 is 0 Å². The van der Waals surface area contributed by atoms with Crippen molar-refractivity contribution in [2.75, 3.05) is 6.61 Å². The lowest BCUT2D eigenvalue weighted by Gasteiger charge is -2.22. The van der Waals surface area contributed by atoms with Crippen molar-refractivity contribution in [1.82, 2.24) is 5.32 Å². The summed E-state index contributed by atoms with van der Waals surface area (Å²) in [6.07, 6.45) is 0.288. The van der Waals surface area contributed by atoms with Crippen LogP contribution in [0.15, 0.2) is 24.3 Å². The number of hydrogen-bond donors (Lipinski definition) is 1. The van der Waals surface area contributed by atoms with Crippen LogP contribution in [0.3, 0.4) is 0 Å². The Morgan fingerprint density at radius 3 is 2.43 bits per heavy atom. The molecule has 1 saturated carbocycles. The Hall–Kier alpha value is -2.05. The van der Waals surface area contributed by atoms with Crippen molar-refractivity contribution in [3.8, 4) is 0 Å². The van der Waals surface area contributed by atoms with Crippen molar-refractivity contribution in [1.29, 1.82) is 0 Å². The molecule has 0 unspecified atom stereocenters. The summed E-state index contributed by atoms with van der Waals surface area (Å²) < 4.78 is 43.2. The van der Waals surface area contributed by atoms with E-state index < -0.39 is 35.8 Å². The fourth-order valence-corrected chi connectivity index (χ4v) is 2.63. The van der Waals surface area contributed by atoms with Gasteiger partial charge in [0.15, 0.2) is 6.61 Å². The molecule has 1 aromatic carbocycles. The lowest BCUT2D eigenvalue weighted by Crippen LogP contribution is -2.38. The predicted molar refractivity (Wildman–Crippen MR) is 76.7 cm³/mol. The van der Waals surface area contributed by atoms with E-state index in [1.165, 1.54) is 12.1 Å². The predicted octanol–water partition coefficient (Wildman–Crippen LogP) is 3.31. The first kappa shape index (κ1) is 17.3. The number of halogens is 3. The van der Waals surface area contributed by atoms with Crippen LogP contribution in [0.25, 0.3) is 0 Å². The third-order valence-corrected chi connectivity index (χ3v) is 3.76. The third-order valence-electron chi connectivity index (χ3n) is 3.76. The Balaban J connectivity index is 1.91. The van der Waals surface area contributed by atoms with Crippen LogP contribution in [0, 0.1) is 0 Å². The zero-order valence-electron chi connectivity index (χ0n) is 12.5. The molecule has 7 heteroatoms. The molecule has 1 aromatic rings. The van der Waals surface area contributed by atoms with Crippen molar-refractivity contribution < 1.29 is 27.5 Å². The molecule has 0 aliphatic heterocycles. The zero-order chi connectivity index (χ0) is 16.9. The molecule has 0 aromatic heterocycles. The number of rotatable bonds is 4. The van der Waals surface area contributed by atoms with Gasteiger partial charge in [0.25, 0.3) is 5.91 Å². The molecule has 0 heterocycles.